The fourth-order valence-electron chi connectivity index (χ4n) is 3.85. The summed E-state index contributed by atoms with van der Waals surface area (Å²) < 4.78 is 17.8. The number of nitrogens with zero attached hydrogens (tertiary/aromatic N) is 1. The molecule has 0 unspecified atom stereocenters. The third-order valence-electron chi connectivity index (χ3n) is 5.31. The van der Waals surface area contributed by atoms with Gasteiger partial charge in [0, 0.05) is 0 Å². The SMILES string of the molecule is CC1(C)[C@H](C(=O)OC(c2ccccc2)c2ccccc2)N2C(=O)C[C@H]2[S@]1=O. The third kappa shape index (κ3) is 2.88. The molecule has 0 N–H and O–H groups in total. The van der Waals surface area contributed by atoms with Crippen molar-refractivity contribution in [2.75, 3.05) is 0 Å². The maximum Gasteiger partial charge on any atom is 0.331 e. The molecule has 6 heteroatoms. The van der Waals surface area contributed by atoms with Gasteiger partial charge < -0.3 is 9.64 Å². The van der Waals surface area contributed by atoms with Crippen LogP contribution in [0.5, 0.6) is 0 Å². The second-order valence-corrected chi connectivity index (χ2v) is 9.59. The van der Waals surface area contributed by atoms with Gasteiger partial charge in [0.2, 0.25) is 5.91 Å². The van der Waals surface area contributed by atoms with Gasteiger partial charge >= 0.3 is 5.97 Å². The first-order valence-electron chi connectivity index (χ1n) is 8.93. The van der Waals surface area contributed by atoms with E-state index in [0.717, 1.165) is 11.1 Å². The Labute approximate surface area is 160 Å². The zero-order chi connectivity index (χ0) is 19.2. The largest absolute Gasteiger partial charge is 0.451 e. The summed E-state index contributed by atoms with van der Waals surface area (Å²) in [7, 11) is -1.29. The van der Waals surface area contributed by atoms with Crippen LogP contribution in [0.4, 0.5) is 0 Å². The van der Waals surface area contributed by atoms with Gasteiger partial charge in [-0.2, -0.15) is 0 Å². The maximum atomic E-state index is 13.1. The van der Waals surface area contributed by atoms with E-state index in [4.69, 9.17) is 4.74 Å². The van der Waals surface area contributed by atoms with E-state index in [1.165, 1.54) is 4.90 Å². The van der Waals surface area contributed by atoms with Crippen LogP contribution in [-0.4, -0.2) is 37.1 Å². The van der Waals surface area contributed by atoms with E-state index in [9.17, 15) is 13.8 Å². The van der Waals surface area contributed by atoms with Crippen molar-refractivity contribution in [2.45, 2.75) is 42.5 Å². The van der Waals surface area contributed by atoms with Gasteiger partial charge in [-0.15, -0.1) is 0 Å². The lowest BCUT2D eigenvalue weighted by atomic mass is 9.97. The zero-order valence-electron chi connectivity index (χ0n) is 15.2. The van der Waals surface area contributed by atoms with Gasteiger partial charge in [-0.05, 0) is 25.0 Å². The van der Waals surface area contributed by atoms with Crippen LogP contribution in [0.15, 0.2) is 60.7 Å². The van der Waals surface area contributed by atoms with Crippen LogP contribution in [0.3, 0.4) is 0 Å². The van der Waals surface area contributed by atoms with Crippen molar-refractivity contribution >= 4 is 22.7 Å². The minimum absolute atomic E-state index is 0.142. The van der Waals surface area contributed by atoms with Crippen molar-refractivity contribution in [1.82, 2.24) is 4.90 Å². The molecular weight excluding hydrogens is 362 g/mol. The minimum Gasteiger partial charge on any atom is -0.451 e. The Hall–Kier alpha value is -2.47. The monoisotopic (exact) mass is 383 g/mol. The molecule has 4 rings (SSSR count). The lowest BCUT2D eigenvalue weighted by Gasteiger charge is -2.37. The molecule has 0 bridgehead atoms. The van der Waals surface area contributed by atoms with Crippen LogP contribution in [0.2, 0.25) is 0 Å². The number of β-lactam (4-membered cyclic amide) rings is 1. The van der Waals surface area contributed by atoms with E-state index in [1.54, 1.807) is 13.8 Å². The maximum absolute atomic E-state index is 13.1. The van der Waals surface area contributed by atoms with Crippen LogP contribution in [0.1, 0.15) is 37.5 Å². The molecule has 2 heterocycles. The zero-order valence-corrected chi connectivity index (χ0v) is 16.0. The lowest BCUT2D eigenvalue weighted by molar-refractivity contribution is -0.164. The fourth-order valence-corrected chi connectivity index (χ4v) is 5.72. The summed E-state index contributed by atoms with van der Waals surface area (Å²) >= 11 is 0. The van der Waals surface area contributed by atoms with Crippen molar-refractivity contribution in [2.24, 2.45) is 0 Å². The van der Waals surface area contributed by atoms with Crippen molar-refractivity contribution < 1.29 is 18.5 Å². The van der Waals surface area contributed by atoms with Crippen LogP contribution in [0.25, 0.3) is 0 Å². The number of rotatable bonds is 4. The van der Waals surface area contributed by atoms with E-state index in [0.29, 0.717) is 0 Å². The first-order valence-corrected chi connectivity index (χ1v) is 10.1. The number of hydrogen-bond acceptors (Lipinski definition) is 4. The Kier molecular flexibility index (Phi) is 4.38. The summed E-state index contributed by atoms with van der Waals surface area (Å²) in [5, 5.41) is -0.378. The predicted molar refractivity (Wildman–Crippen MR) is 102 cm³/mol. The van der Waals surface area contributed by atoms with E-state index < -0.39 is 33.7 Å². The summed E-state index contributed by atoms with van der Waals surface area (Å²) in [5.41, 5.74) is 1.70. The highest BCUT2D eigenvalue weighted by Gasteiger charge is 2.63. The summed E-state index contributed by atoms with van der Waals surface area (Å²) in [6, 6.07) is 18.2. The molecule has 2 aliphatic rings. The number of ether oxygens (including phenoxy) is 1. The number of hydrogen-bond donors (Lipinski definition) is 0. The van der Waals surface area contributed by atoms with E-state index in [2.05, 4.69) is 0 Å². The molecule has 0 aromatic heterocycles. The molecule has 0 radical (unpaired) electrons. The van der Waals surface area contributed by atoms with Crippen molar-refractivity contribution in [3.8, 4) is 0 Å². The fraction of sp³-hybridized carbons (Fsp3) is 0.333. The topological polar surface area (TPSA) is 63.7 Å². The quantitative estimate of drug-likeness (QED) is 0.602. The average Bonchev–Trinajstić information content (AvgIpc) is 2.84. The standard InChI is InChI=1S/C21H21NO4S/c1-21(2)19(22-16(23)13-17(22)27(21)25)20(24)26-18(14-9-5-3-6-10-14)15-11-7-4-8-12-15/h3-12,17-19H,13H2,1-2H3/t17-,19+,27-/m1/s1. The summed E-state index contributed by atoms with van der Waals surface area (Å²) in [6.07, 6.45) is -0.347. The molecule has 140 valence electrons. The first kappa shape index (κ1) is 17.9. The number of carbonyl (C=O) groups is 2. The molecule has 2 fully saturated rings. The second-order valence-electron chi connectivity index (χ2n) is 7.40. The van der Waals surface area contributed by atoms with Crippen LogP contribution in [-0.2, 0) is 25.1 Å². The third-order valence-corrected chi connectivity index (χ3v) is 7.46. The molecule has 27 heavy (non-hydrogen) atoms. The van der Waals surface area contributed by atoms with Gasteiger partial charge in [-0.3, -0.25) is 9.00 Å². The molecule has 5 nitrogen and oxygen atoms in total. The van der Waals surface area contributed by atoms with Crippen LogP contribution in [0, 0.1) is 0 Å². The summed E-state index contributed by atoms with van der Waals surface area (Å²) in [6.45, 7) is 3.53. The molecule has 3 atom stereocenters. The Morgan fingerprint density at radius 3 is 2.07 bits per heavy atom. The summed E-state index contributed by atoms with van der Waals surface area (Å²) in [4.78, 5) is 26.7. The van der Waals surface area contributed by atoms with Gasteiger partial charge in [0.1, 0.15) is 11.4 Å². The Bertz CT molecular complexity index is 857. The minimum atomic E-state index is -1.29. The number of amides is 1. The smallest absolute Gasteiger partial charge is 0.331 e. The highest BCUT2D eigenvalue weighted by molar-refractivity contribution is 7.87. The number of fused-ring (bicyclic) bond motifs is 1. The number of esters is 1. The summed E-state index contributed by atoms with van der Waals surface area (Å²) in [5.74, 6) is -0.654. The molecule has 0 spiro atoms. The number of benzene rings is 2. The molecule has 2 aliphatic heterocycles. The van der Waals surface area contributed by atoms with E-state index in [1.807, 2.05) is 60.7 Å². The lowest BCUT2D eigenvalue weighted by Crippen LogP contribution is -2.57. The molecule has 2 aromatic rings. The Morgan fingerprint density at radius 1 is 1.07 bits per heavy atom. The molecule has 2 aromatic carbocycles. The molecular formula is C21H21NO4S. The highest BCUT2D eigenvalue weighted by atomic mass is 32.2. The molecule has 1 amide bonds. The van der Waals surface area contributed by atoms with E-state index >= 15 is 0 Å². The van der Waals surface area contributed by atoms with Crippen LogP contribution >= 0.6 is 0 Å². The molecule has 0 saturated carbocycles. The van der Waals surface area contributed by atoms with Gasteiger partial charge in [0.15, 0.2) is 6.10 Å². The van der Waals surface area contributed by atoms with E-state index in [-0.39, 0.29) is 17.7 Å². The Balaban J connectivity index is 1.66. The Morgan fingerprint density at radius 2 is 1.59 bits per heavy atom. The first-order chi connectivity index (χ1) is 12.9. The molecule has 2 saturated heterocycles. The van der Waals surface area contributed by atoms with Crippen molar-refractivity contribution in [3.05, 3.63) is 71.8 Å². The predicted octanol–water partition coefficient (Wildman–Crippen LogP) is 2.79. The van der Waals surface area contributed by atoms with Crippen molar-refractivity contribution in [1.29, 1.82) is 0 Å². The van der Waals surface area contributed by atoms with Gasteiger partial charge in [0.05, 0.1) is 22.0 Å². The molecule has 0 aliphatic carbocycles. The van der Waals surface area contributed by atoms with Gasteiger partial charge in [-0.25, -0.2) is 4.79 Å². The van der Waals surface area contributed by atoms with Gasteiger partial charge in [-0.1, -0.05) is 60.7 Å². The average molecular weight is 383 g/mol. The van der Waals surface area contributed by atoms with Crippen LogP contribution < -0.4 is 0 Å². The van der Waals surface area contributed by atoms with Gasteiger partial charge in [0.25, 0.3) is 0 Å². The highest BCUT2D eigenvalue weighted by Crippen LogP contribution is 2.44. The normalized spacial score (nSPS) is 25.8. The number of carbonyl (C=O) groups excluding carboxylic acids is 2. The van der Waals surface area contributed by atoms with Crippen molar-refractivity contribution in [3.63, 3.8) is 0 Å². The second kappa shape index (κ2) is 6.60.